The van der Waals surface area contributed by atoms with Crippen LogP contribution in [0.5, 0.6) is 0 Å². The first-order chi connectivity index (χ1) is 10.2. The summed E-state index contributed by atoms with van der Waals surface area (Å²) in [6.45, 7) is 4.96. The fourth-order valence-corrected chi connectivity index (χ4v) is 2.41. The van der Waals surface area contributed by atoms with E-state index in [9.17, 15) is 0 Å². The number of hydrogen-bond donors (Lipinski definition) is 1. The highest BCUT2D eigenvalue weighted by atomic mass is 15.1. The van der Waals surface area contributed by atoms with Crippen LogP contribution in [0.1, 0.15) is 30.0 Å². The summed E-state index contributed by atoms with van der Waals surface area (Å²) in [6.07, 6.45) is 1.10. The van der Waals surface area contributed by atoms with Crippen molar-refractivity contribution in [3.63, 3.8) is 0 Å². The third-order valence-corrected chi connectivity index (χ3v) is 3.39. The third kappa shape index (κ3) is 4.62. The molecule has 0 aliphatic heterocycles. The Morgan fingerprint density at radius 3 is 2.43 bits per heavy atom. The summed E-state index contributed by atoms with van der Waals surface area (Å²) in [5.74, 6) is 0. The average molecular weight is 279 g/mol. The summed E-state index contributed by atoms with van der Waals surface area (Å²) in [6, 6.07) is 18.0. The van der Waals surface area contributed by atoms with Gasteiger partial charge in [-0.2, -0.15) is 5.26 Å². The predicted octanol–water partition coefficient (Wildman–Crippen LogP) is 3.55. The highest BCUT2D eigenvalue weighted by Crippen LogP contribution is 2.13. The second-order valence-electron chi connectivity index (χ2n) is 5.26. The van der Waals surface area contributed by atoms with Gasteiger partial charge in [0.15, 0.2) is 0 Å². The Morgan fingerprint density at radius 2 is 1.76 bits per heavy atom. The van der Waals surface area contributed by atoms with Gasteiger partial charge in [-0.1, -0.05) is 31.2 Å². The number of benzene rings is 2. The van der Waals surface area contributed by atoms with Crippen LogP contribution in [0.2, 0.25) is 0 Å². The highest BCUT2D eigenvalue weighted by molar-refractivity contribution is 5.39. The van der Waals surface area contributed by atoms with Gasteiger partial charge in [0, 0.05) is 18.8 Å². The van der Waals surface area contributed by atoms with E-state index in [2.05, 4.69) is 36.1 Å². The molecule has 3 nitrogen and oxygen atoms in total. The lowest BCUT2D eigenvalue weighted by Crippen LogP contribution is -2.23. The first-order valence-corrected chi connectivity index (χ1v) is 7.27. The lowest BCUT2D eigenvalue weighted by Gasteiger charge is -2.22. The Kier molecular flexibility index (Phi) is 5.36. The predicted molar refractivity (Wildman–Crippen MR) is 86.4 cm³/mol. The molecule has 0 aromatic heterocycles. The van der Waals surface area contributed by atoms with Gasteiger partial charge in [0.25, 0.3) is 0 Å². The van der Waals surface area contributed by atoms with Crippen LogP contribution in [0, 0.1) is 11.3 Å². The standard InChI is InChI=1S/C18H21N3/c1-2-10-21(13-15-6-8-18(20)9-7-15)14-17-5-3-4-16(11-17)12-19/h3-9,11H,2,10,13-14,20H2,1H3. The number of anilines is 1. The molecule has 0 unspecified atom stereocenters. The second kappa shape index (κ2) is 7.47. The Balaban J connectivity index is 2.07. The number of nitrogens with two attached hydrogens (primary N) is 1. The number of nitrogens with zero attached hydrogens (tertiary/aromatic N) is 2. The Bertz CT molecular complexity index is 611. The monoisotopic (exact) mass is 279 g/mol. The number of rotatable bonds is 6. The van der Waals surface area contributed by atoms with E-state index in [-0.39, 0.29) is 0 Å². The molecule has 0 radical (unpaired) electrons. The van der Waals surface area contributed by atoms with E-state index in [1.54, 1.807) is 0 Å². The minimum atomic E-state index is 0.719. The topological polar surface area (TPSA) is 53.0 Å². The molecule has 0 atom stereocenters. The summed E-state index contributed by atoms with van der Waals surface area (Å²) in [5, 5.41) is 8.99. The SMILES string of the molecule is CCCN(Cc1ccc(N)cc1)Cc1cccc(C#N)c1. The quantitative estimate of drug-likeness (QED) is 0.823. The lowest BCUT2D eigenvalue weighted by atomic mass is 10.1. The van der Waals surface area contributed by atoms with Crippen LogP contribution < -0.4 is 5.73 Å². The van der Waals surface area contributed by atoms with Gasteiger partial charge < -0.3 is 5.73 Å². The molecule has 0 aliphatic carbocycles. The van der Waals surface area contributed by atoms with Gasteiger partial charge in [-0.25, -0.2) is 0 Å². The molecule has 0 fully saturated rings. The molecule has 3 heteroatoms. The van der Waals surface area contributed by atoms with Crippen molar-refractivity contribution < 1.29 is 0 Å². The van der Waals surface area contributed by atoms with Gasteiger partial charge in [-0.3, -0.25) is 4.90 Å². The summed E-state index contributed by atoms with van der Waals surface area (Å²) in [4.78, 5) is 2.39. The van der Waals surface area contributed by atoms with Crippen molar-refractivity contribution >= 4 is 5.69 Å². The summed E-state index contributed by atoms with van der Waals surface area (Å²) >= 11 is 0. The van der Waals surface area contributed by atoms with Gasteiger partial charge in [-0.15, -0.1) is 0 Å². The van der Waals surface area contributed by atoms with Crippen molar-refractivity contribution in [3.8, 4) is 6.07 Å². The van der Waals surface area contributed by atoms with Crippen molar-refractivity contribution in [2.24, 2.45) is 0 Å². The van der Waals surface area contributed by atoms with Crippen LogP contribution in [0.25, 0.3) is 0 Å². The molecule has 108 valence electrons. The molecular weight excluding hydrogens is 258 g/mol. The fourth-order valence-electron chi connectivity index (χ4n) is 2.41. The molecule has 21 heavy (non-hydrogen) atoms. The van der Waals surface area contributed by atoms with Crippen molar-refractivity contribution in [2.45, 2.75) is 26.4 Å². The lowest BCUT2D eigenvalue weighted by molar-refractivity contribution is 0.257. The second-order valence-corrected chi connectivity index (χ2v) is 5.26. The maximum absolute atomic E-state index is 8.99. The maximum Gasteiger partial charge on any atom is 0.0991 e. The zero-order valence-electron chi connectivity index (χ0n) is 12.4. The van der Waals surface area contributed by atoms with E-state index in [1.807, 2.05) is 30.3 Å². The smallest absolute Gasteiger partial charge is 0.0991 e. The largest absolute Gasteiger partial charge is 0.399 e. The van der Waals surface area contributed by atoms with Crippen molar-refractivity contribution in [1.82, 2.24) is 4.90 Å². The van der Waals surface area contributed by atoms with E-state index < -0.39 is 0 Å². The molecule has 0 amide bonds. The van der Waals surface area contributed by atoms with Crippen LogP contribution in [0.3, 0.4) is 0 Å². The average Bonchev–Trinajstić information content (AvgIpc) is 2.50. The van der Waals surface area contributed by atoms with Crippen LogP contribution in [0.15, 0.2) is 48.5 Å². The Labute approximate surface area is 126 Å². The molecule has 2 rings (SSSR count). The van der Waals surface area contributed by atoms with E-state index in [0.717, 1.165) is 37.3 Å². The molecular formula is C18H21N3. The van der Waals surface area contributed by atoms with Crippen LogP contribution in [-0.2, 0) is 13.1 Å². The summed E-state index contributed by atoms with van der Waals surface area (Å²) in [7, 11) is 0. The van der Waals surface area contributed by atoms with Crippen LogP contribution >= 0.6 is 0 Å². The molecule has 0 saturated heterocycles. The van der Waals surface area contributed by atoms with Crippen LogP contribution in [-0.4, -0.2) is 11.4 Å². The molecule has 0 bridgehead atoms. The zero-order valence-corrected chi connectivity index (χ0v) is 12.4. The summed E-state index contributed by atoms with van der Waals surface area (Å²) < 4.78 is 0. The molecule has 0 spiro atoms. The highest BCUT2D eigenvalue weighted by Gasteiger charge is 2.07. The van der Waals surface area contributed by atoms with E-state index in [4.69, 9.17) is 11.0 Å². The minimum Gasteiger partial charge on any atom is -0.399 e. The first kappa shape index (κ1) is 15.1. The minimum absolute atomic E-state index is 0.719. The molecule has 0 heterocycles. The van der Waals surface area contributed by atoms with Gasteiger partial charge in [0.1, 0.15) is 0 Å². The number of nitrogen functional groups attached to an aromatic ring is 1. The van der Waals surface area contributed by atoms with Gasteiger partial charge in [-0.05, 0) is 48.4 Å². The van der Waals surface area contributed by atoms with E-state index >= 15 is 0 Å². The number of hydrogen-bond acceptors (Lipinski definition) is 3. The van der Waals surface area contributed by atoms with Crippen molar-refractivity contribution in [3.05, 3.63) is 65.2 Å². The van der Waals surface area contributed by atoms with E-state index in [0.29, 0.717) is 0 Å². The molecule has 2 aromatic carbocycles. The van der Waals surface area contributed by atoms with Crippen LogP contribution in [0.4, 0.5) is 5.69 Å². The fraction of sp³-hybridized carbons (Fsp3) is 0.278. The van der Waals surface area contributed by atoms with E-state index in [1.165, 1.54) is 11.1 Å². The molecule has 2 N–H and O–H groups in total. The van der Waals surface area contributed by atoms with Gasteiger partial charge >= 0.3 is 0 Å². The molecule has 2 aromatic rings. The molecule has 0 saturated carbocycles. The van der Waals surface area contributed by atoms with Crippen molar-refractivity contribution in [2.75, 3.05) is 12.3 Å². The maximum atomic E-state index is 8.99. The number of nitriles is 1. The summed E-state index contributed by atoms with van der Waals surface area (Å²) in [5.41, 5.74) is 9.68. The zero-order chi connectivity index (χ0) is 15.1. The molecule has 0 aliphatic rings. The third-order valence-electron chi connectivity index (χ3n) is 3.39. The normalized spacial score (nSPS) is 10.5. The van der Waals surface area contributed by atoms with Gasteiger partial charge in [0.2, 0.25) is 0 Å². The first-order valence-electron chi connectivity index (χ1n) is 7.27. The van der Waals surface area contributed by atoms with Crippen molar-refractivity contribution in [1.29, 1.82) is 5.26 Å². The van der Waals surface area contributed by atoms with Gasteiger partial charge in [0.05, 0.1) is 11.6 Å². The Hall–Kier alpha value is -2.31. The Morgan fingerprint density at radius 1 is 1.05 bits per heavy atom.